The van der Waals surface area contributed by atoms with E-state index in [1.165, 1.54) is 0 Å². The van der Waals surface area contributed by atoms with E-state index in [2.05, 4.69) is 26.0 Å². The molecule has 2 fully saturated rings. The molecule has 0 aliphatic carbocycles. The lowest BCUT2D eigenvalue weighted by Gasteiger charge is -2.39. The highest BCUT2D eigenvalue weighted by atomic mass is 16.5. The first-order chi connectivity index (χ1) is 6.14. The molecule has 3 unspecified atom stereocenters. The van der Waals surface area contributed by atoms with Crippen LogP contribution in [0.1, 0.15) is 26.7 Å². The summed E-state index contributed by atoms with van der Waals surface area (Å²) in [4.78, 5) is 0. The van der Waals surface area contributed by atoms with Crippen molar-refractivity contribution in [3.05, 3.63) is 12.2 Å². The van der Waals surface area contributed by atoms with Gasteiger partial charge in [-0.25, -0.2) is 0 Å². The van der Waals surface area contributed by atoms with Crippen LogP contribution in [-0.2, 0) is 9.47 Å². The predicted molar refractivity (Wildman–Crippen MR) is 49.5 cm³/mol. The molecular weight excluding hydrogens is 164 g/mol. The zero-order chi connectivity index (χ0) is 9.10. The maximum absolute atomic E-state index is 5.85. The van der Waals surface area contributed by atoms with Crippen LogP contribution in [-0.4, -0.2) is 24.4 Å². The Hall–Kier alpha value is -0.340. The summed E-state index contributed by atoms with van der Waals surface area (Å²) in [6, 6.07) is 0. The Balaban J connectivity index is 2.02. The van der Waals surface area contributed by atoms with Crippen LogP contribution in [0.3, 0.4) is 0 Å². The maximum Gasteiger partial charge on any atom is 0.0850 e. The summed E-state index contributed by atoms with van der Waals surface area (Å²) in [5.41, 5.74) is 0.267. The monoisotopic (exact) mass is 180 g/mol. The third-order valence-corrected chi connectivity index (χ3v) is 4.14. The normalized spacial score (nSPS) is 50.9. The van der Waals surface area contributed by atoms with Crippen molar-refractivity contribution in [1.29, 1.82) is 0 Å². The maximum atomic E-state index is 5.85. The number of hydrogen-bond acceptors (Lipinski definition) is 2. The molecule has 3 rings (SSSR count). The van der Waals surface area contributed by atoms with Crippen LogP contribution in [0.5, 0.6) is 0 Å². The Morgan fingerprint density at radius 3 is 2.62 bits per heavy atom. The van der Waals surface area contributed by atoms with Gasteiger partial charge in [-0.05, 0) is 26.7 Å². The zero-order valence-electron chi connectivity index (χ0n) is 8.25. The van der Waals surface area contributed by atoms with Gasteiger partial charge < -0.3 is 9.47 Å². The largest absolute Gasteiger partial charge is 0.375 e. The molecule has 2 saturated heterocycles. The van der Waals surface area contributed by atoms with Crippen LogP contribution >= 0.6 is 0 Å². The molecule has 0 aromatic heterocycles. The molecule has 3 aliphatic rings. The molecule has 13 heavy (non-hydrogen) atoms. The summed E-state index contributed by atoms with van der Waals surface area (Å²) >= 11 is 0. The van der Waals surface area contributed by atoms with Crippen LogP contribution in [0.25, 0.3) is 0 Å². The summed E-state index contributed by atoms with van der Waals surface area (Å²) in [6.07, 6.45) is 7.42. The molecule has 0 aromatic rings. The molecule has 2 heteroatoms. The molecule has 0 saturated carbocycles. The Bertz CT molecular complexity index is 269. The van der Waals surface area contributed by atoms with Crippen molar-refractivity contribution in [2.45, 2.75) is 44.5 Å². The second-order valence-electron chi connectivity index (χ2n) is 4.95. The van der Waals surface area contributed by atoms with Gasteiger partial charge in [-0.2, -0.15) is 0 Å². The highest BCUT2D eigenvalue weighted by Crippen LogP contribution is 2.57. The van der Waals surface area contributed by atoms with Crippen LogP contribution in [0.15, 0.2) is 12.2 Å². The van der Waals surface area contributed by atoms with E-state index in [0.717, 1.165) is 19.4 Å². The number of fused-ring (bicyclic) bond motifs is 3. The average Bonchev–Trinajstić information content (AvgIpc) is 2.68. The highest BCUT2D eigenvalue weighted by Gasteiger charge is 2.60. The molecule has 1 spiro atoms. The third kappa shape index (κ3) is 0.810. The Kier molecular flexibility index (Phi) is 1.34. The molecule has 0 aromatic carbocycles. The van der Waals surface area contributed by atoms with Gasteiger partial charge in [-0.3, -0.25) is 0 Å². The second kappa shape index (κ2) is 2.18. The summed E-state index contributed by atoms with van der Waals surface area (Å²) in [5, 5.41) is 0. The average molecular weight is 180 g/mol. The van der Waals surface area contributed by atoms with Crippen LogP contribution < -0.4 is 0 Å². The predicted octanol–water partition coefficient (Wildman–Crippen LogP) is 1.90. The molecule has 0 amide bonds. The molecule has 3 heterocycles. The summed E-state index contributed by atoms with van der Waals surface area (Å²) in [5.74, 6) is 0. The molecule has 2 nitrogen and oxygen atoms in total. The van der Waals surface area contributed by atoms with Crippen molar-refractivity contribution in [2.75, 3.05) is 6.61 Å². The minimum Gasteiger partial charge on any atom is -0.375 e. The van der Waals surface area contributed by atoms with Gasteiger partial charge in [-0.1, -0.05) is 12.2 Å². The first-order valence-corrected chi connectivity index (χ1v) is 5.12. The Morgan fingerprint density at radius 2 is 2.15 bits per heavy atom. The number of rotatable bonds is 0. The molecule has 0 N–H and O–H groups in total. The standard InChI is InChI=1S/C11H16O2/c1-10(2)11(5-6-12-10)7-8-3-4-9(11)13-8/h3-4,8-9H,5-7H2,1-2H3. The molecule has 2 bridgehead atoms. The molecule has 3 atom stereocenters. The van der Waals surface area contributed by atoms with Gasteiger partial charge in [0.15, 0.2) is 0 Å². The molecule has 72 valence electrons. The zero-order valence-corrected chi connectivity index (χ0v) is 8.25. The fourth-order valence-electron chi connectivity index (χ4n) is 3.18. The lowest BCUT2D eigenvalue weighted by atomic mass is 9.66. The van der Waals surface area contributed by atoms with Gasteiger partial charge in [-0.15, -0.1) is 0 Å². The van der Waals surface area contributed by atoms with Gasteiger partial charge in [0.25, 0.3) is 0 Å². The SMILES string of the molecule is CC1(C)OCCC12CC1C=CC2O1. The third-order valence-electron chi connectivity index (χ3n) is 4.14. The van der Waals surface area contributed by atoms with E-state index >= 15 is 0 Å². The second-order valence-corrected chi connectivity index (χ2v) is 4.95. The summed E-state index contributed by atoms with van der Waals surface area (Å²) < 4.78 is 11.7. The summed E-state index contributed by atoms with van der Waals surface area (Å²) in [7, 11) is 0. The van der Waals surface area contributed by atoms with E-state index in [-0.39, 0.29) is 11.0 Å². The van der Waals surface area contributed by atoms with Crippen molar-refractivity contribution in [3.8, 4) is 0 Å². The minimum absolute atomic E-state index is 0.00280. The van der Waals surface area contributed by atoms with E-state index < -0.39 is 0 Å². The van der Waals surface area contributed by atoms with Gasteiger partial charge in [0, 0.05) is 12.0 Å². The molecule has 3 aliphatic heterocycles. The van der Waals surface area contributed by atoms with Crippen LogP contribution in [0.2, 0.25) is 0 Å². The van der Waals surface area contributed by atoms with Gasteiger partial charge >= 0.3 is 0 Å². The van der Waals surface area contributed by atoms with E-state index in [4.69, 9.17) is 9.47 Å². The summed E-state index contributed by atoms with van der Waals surface area (Å²) in [6.45, 7) is 5.31. The first-order valence-electron chi connectivity index (χ1n) is 5.12. The van der Waals surface area contributed by atoms with Crippen LogP contribution in [0, 0.1) is 5.41 Å². The van der Waals surface area contributed by atoms with E-state index in [1.54, 1.807) is 0 Å². The quantitative estimate of drug-likeness (QED) is 0.530. The van der Waals surface area contributed by atoms with Crippen molar-refractivity contribution in [2.24, 2.45) is 5.41 Å². The van der Waals surface area contributed by atoms with Crippen molar-refractivity contribution >= 4 is 0 Å². The van der Waals surface area contributed by atoms with Crippen molar-refractivity contribution < 1.29 is 9.47 Å². The van der Waals surface area contributed by atoms with E-state index in [1.807, 2.05) is 0 Å². The van der Waals surface area contributed by atoms with Gasteiger partial charge in [0.2, 0.25) is 0 Å². The Morgan fingerprint density at radius 1 is 1.31 bits per heavy atom. The fraction of sp³-hybridized carbons (Fsp3) is 0.818. The van der Waals surface area contributed by atoms with E-state index in [9.17, 15) is 0 Å². The van der Waals surface area contributed by atoms with Crippen molar-refractivity contribution in [3.63, 3.8) is 0 Å². The minimum atomic E-state index is -0.00280. The smallest absolute Gasteiger partial charge is 0.0850 e. The number of ether oxygens (including phenoxy) is 2. The lowest BCUT2D eigenvalue weighted by Crippen LogP contribution is -2.45. The van der Waals surface area contributed by atoms with Gasteiger partial charge in [0.05, 0.1) is 17.8 Å². The van der Waals surface area contributed by atoms with Crippen LogP contribution in [0.4, 0.5) is 0 Å². The Labute approximate surface area is 78.9 Å². The number of hydrogen-bond donors (Lipinski definition) is 0. The fourth-order valence-corrected chi connectivity index (χ4v) is 3.18. The molecular formula is C11H16O2. The van der Waals surface area contributed by atoms with E-state index in [0.29, 0.717) is 12.2 Å². The van der Waals surface area contributed by atoms with Gasteiger partial charge in [0.1, 0.15) is 0 Å². The molecule has 0 radical (unpaired) electrons. The topological polar surface area (TPSA) is 18.5 Å². The van der Waals surface area contributed by atoms with Crippen molar-refractivity contribution in [1.82, 2.24) is 0 Å². The highest BCUT2D eigenvalue weighted by molar-refractivity contribution is 5.21. The lowest BCUT2D eigenvalue weighted by molar-refractivity contribution is -0.0524. The first kappa shape index (κ1) is 8.01.